The minimum Gasteiger partial charge on any atom is -0.480 e. The number of carboxylic acid groups (broad SMARTS) is 1. The molecule has 0 aromatic heterocycles. The average Bonchev–Trinajstić information content (AvgIpc) is 2.47. The predicted molar refractivity (Wildman–Crippen MR) is 79.0 cm³/mol. The van der Waals surface area contributed by atoms with Crippen molar-refractivity contribution in [3.05, 3.63) is 24.3 Å². The van der Waals surface area contributed by atoms with Crippen molar-refractivity contribution in [3.63, 3.8) is 0 Å². The molecule has 0 atom stereocenters. The highest BCUT2D eigenvalue weighted by atomic mass is 32.2. The summed E-state index contributed by atoms with van der Waals surface area (Å²) >= 11 is 0. The van der Waals surface area contributed by atoms with Crippen LogP contribution < -0.4 is 9.62 Å². The quantitative estimate of drug-likeness (QED) is 0.782. The fourth-order valence-electron chi connectivity index (χ4n) is 2.39. The highest BCUT2D eigenvalue weighted by Gasteiger charge is 2.24. The van der Waals surface area contributed by atoms with Crippen molar-refractivity contribution in [1.82, 2.24) is 9.62 Å². The first-order chi connectivity index (χ1) is 9.94. The predicted octanol–water partition coefficient (Wildman–Crippen LogP) is -0.199. The number of hydrogen-bond acceptors (Lipinski definition) is 5. The lowest BCUT2D eigenvalue weighted by Gasteiger charge is -2.36. The number of hydrogen-bond donors (Lipinski definition) is 2. The molecule has 0 amide bonds. The van der Waals surface area contributed by atoms with Gasteiger partial charge in [-0.3, -0.25) is 9.69 Å². The molecule has 8 heteroatoms. The van der Waals surface area contributed by atoms with Gasteiger partial charge >= 0.3 is 5.97 Å². The molecule has 0 radical (unpaired) electrons. The number of piperazine rings is 1. The zero-order valence-corrected chi connectivity index (χ0v) is 12.6. The molecule has 1 aliphatic rings. The van der Waals surface area contributed by atoms with Gasteiger partial charge in [-0.1, -0.05) is 12.1 Å². The molecule has 1 aromatic carbocycles. The number of para-hydroxylation sites is 1. The van der Waals surface area contributed by atoms with Gasteiger partial charge in [0.25, 0.3) is 0 Å². The molecule has 2 N–H and O–H groups in total. The molecule has 1 aliphatic heterocycles. The lowest BCUT2D eigenvalue weighted by Crippen LogP contribution is -2.48. The smallest absolute Gasteiger partial charge is 0.317 e. The highest BCUT2D eigenvalue weighted by molar-refractivity contribution is 7.89. The maximum Gasteiger partial charge on any atom is 0.317 e. The lowest BCUT2D eigenvalue weighted by molar-refractivity contribution is -0.138. The van der Waals surface area contributed by atoms with E-state index in [1.807, 2.05) is 9.80 Å². The zero-order valence-electron chi connectivity index (χ0n) is 11.8. The minimum absolute atomic E-state index is 0.0182. The maximum absolute atomic E-state index is 12.0. The van der Waals surface area contributed by atoms with Crippen molar-refractivity contribution in [1.29, 1.82) is 0 Å². The number of carboxylic acids is 1. The SMILES string of the molecule is CNS(=O)(=O)c1ccccc1N1CCN(CC(=O)O)CC1. The normalized spacial score (nSPS) is 16.9. The van der Waals surface area contributed by atoms with Crippen molar-refractivity contribution in [3.8, 4) is 0 Å². The number of sulfonamides is 1. The molecule has 1 fully saturated rings. The van der Waals surface area contributed by atoms with E-state index < -0.39 is 16.0 Å². The Morgan fingerprint density at radius 3 is 2.43 bits per heavy atom. The van der Waals surface area contributed by atoms with E-state index in [1.54, 1.807) is 24.3 Å². The van der Waals surface area contributed by atoms with E-state index in [-0.39, 0.29) is 11.4 Å². The average molecular weight is 313 g/mol. The summed E-state index contributed by atoms with van der Waals surface area (Å²) in [4.78, 5) is 14.8. The second-order valence-corrected chi connectivity index (χ2v) is 6.69. The van der Waals surface area contributed by atoms with E-state index in [4.69, 9.17) is 5.11 Å². The van der Waals surface area contributed by atoms with E-state index in [9.17, 15) is 13.2 Å². The molecule has 0 unspecified atom stereocenters. The number of rotatable bonds is 5. The number of anilines is 1. The van der Waals surface area contributed by atoms with Crippen LogP contribution in [0.25, 0.3) is 0 Å². The monoisotopic (exact) mass is 313 g/mol. The summed E-state index contributed by atoms with van der Waals surface area (Å²) < 4.78 is 26.4. The van der Waals surface area contributed by atoms with Gasteiger partial charge in [-0.15, -0.1) is 0 Å². The van der Waals surface area contributed by atoms with E-state index in [2.05, 4.69) is 4.72 Å². The van der Waals surface area contributed by atoms with Gasteiger partial charge in [0, 0.05) is 26.2 Å². The second-order valence-electron chi connectivity index (χ2n) is 4.83. The van der Waals surface area contributed by atoms with Crippen molar-refractivity contribution in [2.75, 3.05) is 44.7 Å². The van der Waals surface area contributed by atoms with Gasteiger partial charge in [-0.2, -0.15) is 0 Å². The Morgan fingerprint density at radius 2 is 1.86 bits per heavy atom. The summed E-state index contributed by atoms with van der Waals surface area (Å²) in [7, 11) is -2.12. The topological polar surface area (TPSA) is 90.0 Å². The van der Waals surface area contributed by atoms with E-state index >= 15 is 0 Å². The first-order valence-corrected chi connectivity index (χ1v) is 8.14. The molecule has 0 spiro atoms. The molecule has 116 valence electrons. The van der Waals surface area contributed by atoms with E-state index in [1.165, 1.54) is 7.05 Å². The van der Waals surface area contributed by atoms with Gasteiger partial charge in [0.1, 0.15) is 4.90 Å². The number of benzene rings is 1. The molecular formula is C13H19N3O4S. The first-order valence-electron chi connectivity index (χ1n) is 6.65. The van der Waals surface area contributed by atoms with Crippen LogP contribution in [0, 0.1) is 0 Å². The maximum atomic E-state index is 12.0. The van der Waals surface area contributed by atoms with Crippen LogP contribution in [-0.2, 0) is 14.8 Å². The summed E-state index contributed by atoms with van der Waals surface area (Å²) in [5.74, 6) is -0.846. The van der Waals surface area contributed by atoms with Crippen molar-refractivity contribution >= 4 is 21.7 Å². The third kappa shape index (κ3) is 3.72. The Bertz CT molecular complexity index is 610. The van der Waals surface area contributed by atoms with Crippen LogP contribution in [0.5, 0.6) is 0 Å². The van der Waals surface area contributed by atoms with Gasteiger partial charge in [0.15, 0.2) is 0 Å². The van der Waals surface area contributed by atoms with E-state index in [0.717, 1.165) is 0 Å². The number of nitrogens with zero attached hydrogens (tertiary/aromatic N) is 2. The fraction of sp³-hybridized carbons (Fsp3) is 0.462. The summed E-state index contributed by atoms with van der Waals surface area (Å²) in [6.07, 6.45) is 0. The van der Waals surface area contributed by atoms with Gasteiger partial charge in [-0.05, 0) is 19.2 Å². The molecule has 1 saturated heterocycles. The third-order valence-electron chi connectivity index (χ3n) is 3.50. The Morgan fingerprint density at radius 1 is 1.24 bits per heavy atom. The third-order valence-corrected chi connectivity index (χ3v) is 4.96. The molecule has 0 bridgehead atoms. The van der Waals surface area contributed by atoms with Gasteiger partial charge in [-0.25, -0.2) is 13.1 Å². The largest absolute Gasteiger partial charge is 0.480 e. The molecule has 1 aromatic rings. The zero-order chi connectivity index (χ0) is 15.5. The molecule has 7 nitrogen and oxygen atoms in total. The van der Waals surface area contributed by atoms with Crippen LogP contribution in [0.15, 0.2) is 29.2 Å². The van der Waals surface area contributed by atoms with Gasteiger partial charge in [0.05, 0.1) is 12.2 Å². The standard InChI is InChI=1S/C13H19N3O4S/c1-14-21(19,20)12-5-3-2-4-11(12)16-8-6-15(7-9-16)10-13(17)18/h2-5,14H,6-10H2,1H3,(H,17,18). The van der Waals surface area contributed by atoms with Gasteiger partial charge in [0.2, 0.25) is 10.0 Å². The Balaban J connectivity index is 2.16. The van der Waals surface area contributed by atoms with Crippen molar-refractivity contribution < 1.29 is 18.3 Å². The molecule has 0 saturated carbocycles. The molecule has 2 rings (SSSR count). The second kappa shape index (κ2) is 6.42. The Hall–Kier alpha value is -1.64. The summed E-state index contributed by atoms with van der Waals surface area (Å²) in [5, 5.41) is 8.79. The van der Waals surface area contributed by atoms with E-state index in [0.29, 0.717) is 31.9 Å². The van der Waals surface area contributed by atoms with Crippen LogP contribution in [0.2, 0.25) is 0 Å². The van der Waals surface area contributed by atoms with Crippen molar-refractivity contribution in [2.45, 2.75) is 4.90 Å². The Labute approximate surface area is 124 Å². The van der Waals surface area contributed by atoms with Crippen LogP contribution in [0.4, 0.5) is 5.69 Å². The first kappa shape index (κ1) is 15.7. The van der Waals surface area contributed by atoms with Crippen molar-refractivity contribution in [2.24, 2.45) is 0 Å². The summed E-state index contributed by atoms with van der Waals surface area (Å²) in [6.45, 7) is 2.41. The summed E-state index contributed by atoms with van der Waals surface area (Å²) in [5.41, 5.74) is 0.654. The lowest BCUT2D eigenvalue weighted by atomic mass is 10.2. The van der Waals surface area contributed by atoms with Crippen LogP contribution >= 0.6 is 0 Å². The van der Waals surface area contributed by atoms with Crippen LogP contribution in [0.1, 0.15) is 0 Å². The number of nitrogens with one attached hydrogen (secondary N) is 1. The number of carbonyl (C=O) groups is 1. The highest BCUT2D eigenvalue weighted by Crippen LogP contribution is 2.25. The minimum atomic E-state index is -3.51. The van der Waals surface area contributed by atoms with Gasteiger partial charge < -0.3 is 10.0 Å². The van der Waals surface area contributed by atoms with Crippen LogP contribution in [0.3, 0.4) is 0 Å². The fourth-order valence-corrected chi connectivity index (χ4v) is 3.34. The Kier molecular flexibility index (Phi) is 4.81. The van der Waals surface area contributed by atoms with Crippen LogP contribution in [-0.4, -0.2) is 64.2 Å². The molecule has 21 heavy (non-hydrogen) atoms. The molecule has 1 heterocycles. The molecular weight excluding hydrogens is 294 g/mol. The molecule has 0 aliphatic carbocycles. The number of aliphatic carboxylic acids is 1. The summed E-state index contributed by atoms with van der Waals surface area (Å²) in [6, 6.07) is 6.84.